The van der Waals surface area contributed by atoms with Crippen molar-refractivity contribution >= 4 is 0 Å². The SMILES string of the molecule is CCC1(CC)C(NC)CC1c1ccccc1C. The van der Waals surface area contributed by atoms with Crippen LogP contribution < -0.4 is 5.32 Å². The number of benzene rings is 1. The van der Waals surface area contributed by atoms with E-state index in [1.807, 2.05) is 0 Å². The monoisotopic (exact) mass is 231 g/mol. The van der Waals surface area contributed by atoms with Crippen LogP contribution in [0.15, 0.2) is 24.3 Å². The van der Waals surface area contributed by atoms with E-state index < -0.39 is 0 Å². The number of aryl methyl sites for hydroxylation is 1. The van der Waals surface area contributed by atoms with Crippen LogP contribution in [-0.2, 0) is 0 Å². The molecule has 1 saturated carbocycles. The first-order valence-electron chi connectivity index (χ1n) is 6.92. The number of nitrogens with one attached hydrogen (secondary N) is 1. The lowest BCUT2D eigenvalue weighted by molar-refractivity contribution is 0.0242. The maximum absolute atomic E-state index is 3.51. The molecule has 94 valence electrons. The second-order valence-corrected chi connectivity index (χ2v) is 5.43. The molecule has 1 N–H and O–H groups in total. The van der Waals surface area contributed by atoms with Gasteiger partial charge < -0.3 is 5.32 Å². The zero-order valence-electron chi connectivity index (χ0n) is 11.6. The van der Waals surface area contributed by atoms with Gasteiger partial charge in [0, 0.05) is 6.04 Å². The van der Waals surface area contributed by atoms with E-state index in [2.05, 4.69) is 57.4 Å². The number of rotatable bonds is 4. The Morgan fingerprint density at radius 3 is 2.41 bits per heavy atom. The molecule has 1 aromatic carbocycles. The van der Waals surface area contributed by atoms with Crippen LogP contribution in [0.1, 0.15) is 50.2 Å². The molecule has 2 atom stereocenters. The van der Waals surface area contributed by atoms with Crippen LogP contribution in [0.3, 0.4) is 0 Å². The molecule has 0 bridgehead atoms. The lowest BCUT2D eigenvalue weighted by Gasteiger charge is -2.56. The minimum atomic E-state index is 0.473. The average molecular weight is 231 g/mol. The number of hydrogen-bond acceptors (Lipinski definition) is 1. The Morgan fingerprint density at radius 1 is 1.24 bits per heavy atom. The Kier molecular flexibility index (Phi) is 3.58. The molecule has 0 saturated heterocycles. The second kappa shape index (κ2) is 4.81. The van der Waals surface area contributed by atoms with Crippen molar-refractivity contribution in [1.29, 1.82) is 0 Å². The van der Waals surface area contributed by atoms with Gasteiger partial charge in [-0.1, -0.05) is 38.1 Å². The normalized spacial score (nSPS) is 26.6. The fourth-order valence-corrected chi connectivity index (χ4v) is 3.84. The maximum Gasteiger partial charge on any atom is 0.0132 e. The molecule has 0 amide bonds. The molecule has 2 unspecified atom stereocenters. The fourth-order valence-electron chi connectivity index (χ4n) is 3.84. The Labute approximate surface area is 106 Å². The van der Waals surface area contributed by atoms with E-state index in [1.165, 1.54) is 24.8 Å². The van der Waals surface area contributed by atoms with E-state index in [1.54, 1.807) is 5.56 Å². The Balaban J connectivity index is 2.32. The van der Waals surface area contributed by atoms with Crippen molar-refractivity contribution in [2.24, 2.45) is 5.41 Å². The Hall–Kier alpha value is -0.820. The molecule has 17 heavy (non-hydrogen) atoms. The van der Waals surface area contributed by atoms with Crippen LogP contribution in [0.25, 0.3) is 0 Å². The summed E-state index contributed by atoms with van der Waals surface area (Å²) in [5.74, 6) is 0.746. The summed E-state index contributed by atoms with van der Waals surface area (Å²) >= 11 is 0. The molecule has 1 nitrogen and oxygen atoms in total. The van der Waals surface area contributed by atoms with Crippen LogP contribution >= 0.6 is 0 Å². The van der Waals surface area contributed by atoms with Gasteiger partial charge >= 0.3 is 0 Å². The molecule has 1 aliphatic rings. The predicted molar refractivity (Wildman–Crippen MR) is 74.4 cm³/mol. The lowest BCUT2D eigenvalue weighted by atomic mass is 9.51. The highest BCUT2D eigenvalue weighted by atomic mass is 14.9. The molecule has 0 aliphatic heterocycles. The van der Waals surface area contributed by atoms with E-state index in [-0.39, 0.29) is 0 Å². The predicted octanol–water partition coefficient (Wildman–Crippen LogP) is 3.88. The van der Waals surface area contributed by atoms with E-state index in [0.717, 1.165) is 5.92 Å². The summed E-state index contributed by atoms with van der Waals surface area (Å²) < 4.78 is 0. The molecule has 1 aliphatic carbocycles. The quantitative estimate of drug-likeness (QED) is 0.829. The lowest BCUT2D eigenvalue weighted by Crippen LogP contribution is -2.57. The molecule has 0 aromatic heterocycles. The highest BCUT2D eigenvalue weighted by molar-refractivity contribution is 5.34. The van der Waals surface area contributed by atoms with Gasteiger partial charge in [0.2, 0.25) is 0 Å². The third-order valence-corrected chi connectivity index (χ3v) is 5.09. The highest BCUT2D eigenvalue weighted by Gasteiger charge is 2.52. The van der Waals surface area contributed by atoms with E-state index in [4.69, 9.17) is 0 Å². The van der Waals surface area contributed by atoms with Crippen LogP contribution in [0.4, 0.5) is 0 Å². The van der Waals surface area contributed by atoms with Crippen LogP contribution in [0, 0.1) is 12.3 Å². The fraction of sp³-hybridized carbons (Fsp3) is 0.625. The van der Waals surface area contributed by atoms with Crippen molar-refractivity contribution in [2.75, 3.05) is 7.05 Å². The molecular weight excluding hydrogens is 206 g/mol. The van der Waals surface area contributed by atoms with Gasteiger partial charge in [-0.25, -0.2) is 0 Å². The summed E-state index contributed by atoms with van der Waals surface area (Å²) in [7, 11) is 2.11. The van der Waals surface area contributed by atoms with Gasteiger partial charge in [0.1, 0.15) is 0 Å². The topological polar surface area (TPSA) is 12.0 Å². The van der Waals surface area contributed by atoms with E-state index in [0.29, 0.717) is 11.5 Å². The summed E-state index contributed by atoms with van der Waals surface area (Å²) in [6.45, 7) is 6.94. The first-order valence-corrected chi connectivity index (χ1v) is 6.92. The zero-order chi connectivity index (χ0) is 12.5. The second-order valence-electron chi connectivity index (χ2n) is 5.43. The Morgan fingerprint density at radius 2 is 1.88 bits per heavy atom. The van der Waals surface area contributed by atoms with Gasteiger partial charge in [-0.2, -0.15) is 0 Å². The summed E-state index contributed by atoms with van der Waals surface area (Å²) in [4.78, 5) is 0. The van der Waals surface area contributed by atoms with Gasteiger partial charge in [0.05, 0.1) is 0 Å². The maximum atomic E-state index is 3.51. The highest BCUT2D eigenvalue weighted by Crippen LogP contribution is 2.57. The van der Waals surface area contributed by atoms with Crippen molar-refractivity contribution in [3.05, 3.63) is 35.4 Å². The smallest absolute Gasteiger partial charge is 0.0132 e. The molecule has 1 aromatic rings. The summed E-state index contributed by atoms with van der Waals surface area (Å²) in [5, 5.41) is 3.51. The standard InChI is InChI=1S/C16H25N/c1-5-16(6-2)14(11-15(16)17-4)13-10-8-7-9-12(13)3/h7-10,14-15,17H,5-6,11H2,1-4H3. The van der Waals surface area contributed by atoms with Gasteiger partial charge in [-0.15, -0.1) is 0 Å². The van der Waals surface area contributed by atoms with Gasteiger partial charge in [-0.05, 0) is 55.7 Å². The molecule has 0 spiro atoms. The summed E-state index contributed by atoms with van der Waals surface area (Å²) in [6, 6.07) is 9.60. The third-order valence-electron chi connectivity index (χ3n) is 5.09. The molecule has 2 rings (SSSR count). The summed E-state index contributed by atoms with van der Waals surface area (Å²) in [6.07, 6.45) is 3.84. The largest absolute Gasteiger partial charge is 0.316 e. The van der Waals surface area contributed by atoms with Crippen molar-refractivity contribution in [3.63, 3.8) is 0 Å². The molecule has 1 heteroatoms. The van der Waals surface area contributed by atoms with Crippen molar-refractivity contribution in [3.8, 4) is 0 Å². The average Bonchev–Trinajstić information content (AvgIpc) is 2.33. The molecular formula is C16H25N. The molecule has 0 radical (unpaired) electrons. The van der Waals surface area contributed by atoms with Crippen LogP contribution in [0.5, 0.6) is 0 Å². The first-order chi connectivity index (χ1) is 8.19. The minimum Gasteiger partial charge on any atom is -0.316 e. The van der Waals surface area contributed by atoms with Crippen molar-refractivity contribution in [2.45, 2.75) is 52.0 Å². The van der Waals surface area contributed by atoms with E-state index in [9.17, 15) is 0 Å². The first kappa shape index (κ1) is 12.6. The molecule has 1 fully saturated rings. The third kappa shape index (κ3) is 1.81. The Bertz CT molecular complexity index is 379. The van der Waals surface area contributed by atoms with Gasteiger partial charge in [-0.3, -0.25) is 0 Å². The van der Waals surface area contributed by atoms with Crippen LogP contribution in [0.2, 0.25) is 0 Å². The van der Waals surface area contributed by atoms with E-state index >= 15 is 0 Å². The van der Waals surface area contributed by atoms with Gasteiger partial charge in [0.15, 0.2) is 0 Å². The summed E-state index contributed by atoms with van der Waals surface area (Å²) in [5.41, 5.74) is 3.50. The van der Waals surface area contributed by atoms with Gasteiger partial charge in [0.25, 0.3) is 0 Å². The van der Waals surface area contributed by atoms with Crippen molar-refractivity contribution < 1.29 is 0 Å². The molecule has 0 heterocycles. The van der Waals surface area contributed by atoms with Crippen LogP contribution in [-0.4, -0.2) is 13.1 Å². The van der Waals surface area contributed by atoms with Crippen molar-refractivity contribution in [1.82, 2.24) is 5.32 Å². The zero-order valence-corrected chi connectivity index (χ0v) is 11.6. The minimum absolute atomic E-state index is 0.473. The number of hydrogen-bond donors (Lipinski definition) is 1.